The molecule has 7 nitrogen and oxygen atoms in total. The third-order valence-electron chi connectivity index (χ3n) is 3.98. The number of non-ortho nitro benzene ring substituents is 1. The van der Waals surface area contributed by atoms with E-state index in [0.29, 0.717) is 29.3 Å². The number of benzene rings is 1. The third kappa shape index (κ3) is 2.06. The van der Waals surface area contributed by atoms with Gasteiger partial charge in [0.25, 0.3) is 5.69 Å². The Morgan fingerprint density at radius 1 is 1.33 bits per heavy atom. The third-order valence-corrected chi connectivity index (χ3v) is 3.98. The second-order valence-electron chi connectivity index (χ2n) is 5.18. The van der Waals surface area contributed by atoms with Crippen molar-refractivity contribution in [1.82, 2.24) is 4.98 Å². The van der Waals surface area contributed by atoms with Crippen LogP contribution in [0.1, 0.15) is 19.3 Å². The van der Waals surface area contributed by atoms with Crippen molar-refractivity contribution in [1.29, 1.82) is 0 Å². The molecule has 0 saturated heterocycles. The fraction of sp³-hybridized carbons (Fsp3) is 0.286. The maximum atomic E-state index is 11.4. The lowest BCUT2D eigenvalue weighted by molar-refractivity contribution is -0.383. The van der Waals surface area contributed by atoms with Crippen molar-refractivity contribution in [2.45, 2.75) is 24.8 Å². The standard InChI is InChI=1S/C14H13N3O4/c18-13(19)14(5-1-6-14)16-11-2-3-12(17(20)21)10-8-15-7-4-9(10)11/h2-4,7-8,16H,1,5-6H2,(H,18,19). The summed E-state index contributed by atoms with van der Waals surface area (Å²) >= 11 is 0. The first-order valence-electron chi connectivity index (χ1n) is 6.56. The largest absolute Gasteiger partial charge is 0.480 e. The summed E-state index contributed by atoms with van der Waals surface area (Å²) in [5.74, 6) is -0.894. The van der Waals surface area contributed by atoms with Crippen molar-refractivity contribution in [2.75, 3.05) is 5.32 Å². The average Bonchev–Trinajstić information content (AvgIpc) is 2.41. The number of aliphatic carboxylic acids is 1. The fourth-order valence-electron chi connectivity index (χ4n) is 2.62. The molecule has 0 atom stereocenters. The van der Waals surface area contributed by atoms with Crippen LogP contribution in [0.4, 0.5) is 11.4 Å². The van der Waals surface area contributed by atoms with Crippen LogP contribution in [-0.4, -0.2) is 26.5 Å². The number of carboxylic acid groups (broad SMARTS) is 1. The lowest BCUT2D eigenvalue weighted by atomic mass is 9.76. The van der Waals surface area contributed by atoms with E-state index in [1.54, 1.807) is 12.1 Å². The quantitative estimate of drug-likeness (QED) is 0.661. The summed E-state index contributed by atoms with van der Waals surface area (Å²) in [5, 5.41) is 24.5. The second-order valence-corrected chi connectivity index (χ2v) is 5.18. The average molecular weight is 287 g/mol. The number of hydrogen-bond donors (Lipinski definition) is 2. The number of anilines is 1. The molecule has 108 valence electrons. The van der Waals surface area contributed by atoms with Gasteiger partial charge in [-0.15, -0.1) is 0 Å². The van der Waals surface area contributed by atoms with Gasteiger partial charge in [-0.1, -0.05) is 0 Å². The SMILES string of the molecule is O=C(O)C1(Nc2ccc([N+](=O)[O-])c3cnccc23)CCC1. The van der Waals surface area contributed by atoms with Gasteiger partial charge in [-0.05, 0) is 31.4 Å². The van der Waals surface area contributed by atoms with Gasteiger partial charge in [0.15, 0.2) is 0 Å². The van der Waals surface area contributed by atoms with Gasteiger partial charge < -0.3 is 10.4 Å². The van der Waals surface area contributed by atoms with Crippen molar-refractivity contribution in [3.63, 3.8) is 0 Å². The second kappa shape index (κ2) is 4.69. The molecule has 0 aliphatic heterocycles. The maximum absolute atomic E-state index is 11.4. The van der Waals surface area contributed by atoms with Gasteiger partial charge in [0.05, 0.1) is 10.3 Å². The number of nitro benzene ring substituents is 1. The van der Waals surface area contributed by atoms with Crippen LogP contribution in [0.3, 0.4) is 0 Å². The molecule has 1 aromatic heterocycles. The highest BCUT2D eigenvalue weighted by atomic mass is 16.6. The molecule has 0 amide bonds. The highest BCUT2D eigenvalue weighted by Gasteiger charge is 2.44. The number of rotatable bonds is 4. The van der Waals surface area contributed by atoms with E-state index in [1.807, 2.05) is 0 Å². The summed E-state index contributed by atoms with van der Waals surface area (Å²) in [5.41, 5.74) is -0.423. The van der Waals surface area contributed by atoms with Gasteiger partial charge in [0, 0.05) is 29.5 Å². The van der Waals surface area contributed by atoms with Gasteiger partial charge in [-0.3, -0.25) is 15.1 Å². The molecule has 2 aromatic rings. The van der Waals surface area contributed by atoms with Crippen LogP contribution in [0.2, 0.25) is 0 Å². The number of nitrogens with one attached hydrogen (secondary N) is 1. The normalized spacial score (nSPS) is 16.2. The molecule has 0 unspecified atom stereocenters. The number of aromatic nitrogens is 1. The van der Waals surface area contributed by atoms with Gasteiger partial charge in [0.2, 0.25) is 0 Å². The molecule has 1 aromatic carbocycles. The Morgan fingerprint density at radius 2 is 2.10 bits per heavy atom. The predicted molar refractivity (Wildman–Crippen MR) is 76.2 cm³/mol. The molecule has 7 heteroatoms. The number of pyridine rings is 1. The van der Waals surface area contributed by atoms with E-state index in [1.165, 1.54) is 18.5 Å². The van der Waals surface area contributed by atoms with Crippen LogP contribution in [0.5, 0.6) is 0 Å². The number of hydrogen-bond acceptors (Lipinski definition) is 5. The van der Waals surface area contributed by atoms with Crippen molar-refractivity contribution >= 4 is 28.1 Å². The fourth-order valence-corrected chi connectivity index (χ4v) is 2.62. The molecule has 1 aliphatic rings. The first kappa shape index (κ1) is 13.3. The zero-order valence-corrected chi connectivity index (χ0v) is 11.1. The first-order valence-corrected chi connectivity index (χ1v) is 6.56. The molecule has 1 heterocycles. The Kier molecular flexibility index (Phi) is 2.97. The molecule has 0 spiro atoms. The highest BCUT2D eigenvalue weighted by Crippen LogP contribution is 2.39. The van der Waals surface area contributed by atoms with E-state index in [-0.39, 0.29) is 5.69 Å². The summed E-state index contributed by atoms with van der Waals surface area (Å²) in [6.45, 7) is 0. The van der Waals surface area contributed by atoms with Crippen LogP contribution in [0.25, 0.3) is 10.8 Å². The summed E-state index contributed by atoms with van der Waals surface area (Å²) in [6.07, 6.45) is 4.90. The number of nitro groups is 1. The van der Waals surface area contributed by atoms with Crippen LogP contribution < -0.4 is 5.32 Å². The van der Waals surface area contributed by atoms with E-state index < -0.39 is 16.4 Å². The van der Waals surface area contributed by atoms with E-state index in [4.69, 9.17) is 0 Å². The van der Waals surface area contributed by atoms with Crippen molar-refractivity contribution < 1.29 is 14.8 Å². The predicted octanol–water partition coefficient (Wildman–Crippen LogP) is 2.56. The van der Waals surface area contributed by atoms with Gasteiger partial charge >= 0.3 is 5.97 Å². The molecule has 0 bridgehead atoms. The van der Waals surface area contributed by atoms with E-state index >= 15 is 0 Å². The Balaban J connectivity index is 2.10. The topological polar surface area (TPSA) is 105 Å². The van der Waals surface area contributed by atoms with Gasteiger partial charge in [0.1, 0.15) is 5.54 Å². The monoisotopic (exact) mass is 287 g/mol. The Morgan fingerprint density at radius 3 is 2.67 bits per heavy atom. The molecule has 3 rings (SSSR count). The Hall–Kier alpha value is -2.70. The summed E-state index contributed by atoms with van der Waals surface area (Å²) < 4.78 is 0. The minimum absolute atomic E-state index is 0.0402. The summed E-state index contributed by atoms with van der Waals surface area (Å²) in [6, 6.07) is 4.59. The minimum Gasteiger partial charge on any atom is -0.480 e. The zero-order valence-electron chi connectivity index (χ0n) is 11.1. The summed E-state index contributed by atoms with van der Waals surface area (Å²) in [4.78, 5) is 25.9. The molecular weight excluding hydrogens is 274 g/mol. The van der Waals surface area contributed by atoms with Crippen LogP contribution >= 0.6 is 0 Å². The van der Waals surface area contributed by atoms with E-state index in [2.05, 4.69) is 10.3 Å². The van der Waals surface area contributed by atoms with Crippen molar-refractivity contribution in [3.8, 4) is 0 Å². The number of fused-ring (bicyclic) bond motifs is 1. The first-order chi connectivity index (χ1) is 10.0. The smallest absolute Gasteiger partial charge is 0.329 e. The number of carboxylic acids is 1. The summed E-state index contributed by atoms with van der Waals surface area (Å²) in [7, 11) is 0. The van der Waals surface area contributed by atoms with Gasteiger partial charge in [-0.2, -0.15) is 0 Å². The molecule has 2 N–H and O–H groups in total. The zero-order chi connectivity index (χ0) is 15.0. The molecule has 21 heavy (non-hydrogen) atoms. The van der Waals surface area contributed by atoms with Crippen LogP contribution in [0.15, 0.2) is 30.6 Å². The van der Waals surface area contributed by atoms with Crippen LogP contribution in [-0.2, 0) is 4.79 Å². The molecular formula is C14H13N3O4. The molecule has 0 radical (unpaired) electrons. The van der Waals surface area contributed by atoms with Crippen LogP contribution in [0, 0.1) is 10.1 Å². The van der Waals surface area contributed by atoms with E-state index in [0.717, 1.165) is 6.42 Å². The lowest BCUT2D eigenvalue weighted by Gasteiger charge is -2.39. The molecule has 1 fully saturated rings. The Labute approximate surface area is 119 Å². The van der Waals surface area contributed by atoms with Crippen molar-refractivity contribution in [3.05, 3.63) is 40.7 Å². The van der Waals surface area contributed by atoms with Crippen molar-refractivity contribution in [2.24, 2.45) is 0 Å². The maximum Gasteiger partial charge on any atom is 0.329 e. The molecule has 1 aliphatic carbocycles. The van der Waals surface area contributed by atoms with E-state index in [9.17, 15) is 20.0 Å². The minimum atomic E-state index is -0.966. The van der Waals surface area contributed by atoms with Gasteiger partial charge in [-0.25, -0.2) is 4.79 Å². The number of carbonyl (C=O) groups is 1. The molecule has 1 saturated carbocycles. The highest BCUT2D eigenvalue weighted by molar-refractivity contribution is 6.00. The number of nitrogens with zero attached hydrogens (tertiary/aromatic N) is 2. The lowest BCUT2D eigenvalue weighted by Crippen LogP contribution is -2.52. The Bertz CT molecular complexity index is 740.